The van der Waals surface area contributed by atoms with Gasteiger partial charge < -0.3 is 4.42 Å². The van der Waals surface area contributed by atoms with Crippen molar-refractivity contribution in [1.82, 2.24) is 9.99 Å². The zero-order chi connectivity index (χ0) is 14.3. The van der Waals surface area contributed by atoms with Crippen LogP contribution in [0.3, 0.4) is 0 Å². The number of nitrogens with zero attached hydrogens (tertiary/aromatic N) is 2. The first-order valence-corrected chi connectivity index (χ1v) is 7.13. The van der Waals surface area contributed by atoms with Crippen LogP contribution in [0.1, 0.15) is 29.8 Å². The Balaban J connectivity index is 1.93. The van der Waals surface area contributed by atoms with Gasteiger partial charge in [-0.15, -0.1) is 0 Å². The summed E-state index contributed by atoms with van der Waals surface area (Å²) in [5, 5.41) is 2.01. The highest BCUT2D eigenvalue weighted by atomic mass is 79.9. The van der Waals surface area contributed by atoms with Gasteiger partial charge in [-0.1, -0.05) is 6.07 Å². The van der Waals surface area contributed by atoms with E-state index >= 15 is 0 Å². The van der Waals surface area contributed by atoms with E-state index in [4.69, 9.17) is 4.42 Å². The summed E-state index contributed by atoms with van der Waals surface area (Å²) < 4.78 is 5.78. The van der Waals surface area contributed by atoms with Gasteiger partial charge in [0.2, 0.25) is 5.88 Å². The Morgan fingerprint density at radius 3 is 3.00 bits per heavy atom. The number of rotatable bonds is 2. The number of aromatic nitrogens is 1. The second kappa shape index (κ2) is 5.03. The average molecular weight is 336 g/mol. The molecule has 0 saturated carbocycles. The first kappa shape index (κ1) is 13.3. The Kier molecular flexibility index (Phi) is 3.35. The van der Waals surface area contributed by atoms with E-state index in [9.17, 15) is 4.79 Å². The summed E-state index contributed by atoms with van der Waals surface area (Å²) >= 11 is 3.28. The van der Waals surface area contributed by atoms with E-state index in [2.05, 4.69) is 33.3 Å². The van der Waals surface area contributed by atoms with E-state index in [1.54, 1.807) is 6.20 Å². The number of pyridine rings is 1. The molecule has 1 aliphatic rings. The number of hydrogen-bond donors (Lipinski definition) is 1. The van der Waals surface area contributed by atoms with E-state index in [0.29, 0.717) is 16.9 Å². The van der Waals surface area contributed by atoms with Crippen molar-refractivity contribution >= 4 is 21.8 Å². The third-order valence-electron chi connectivity index (χ3n) is 3.54. The SMILES string of the molecule is Cc1c2c(oc(=O)c1Br)NN(Cc1ccccn1)C2C. The van der Waals surface area contributed by atoms with Gasteiger partial charge in [0.1, 0.15) is 4.47 Å². The topological polar surface area (TPSA) is 58.4 Å². The third-order valence-corrected chi connectivity index (χ3v) is 4.46. The van der Waals surface area contributed by atoms with Crippen LogP contribution in [0.5, 0.6) is 0 Å². The van der Waals surface area contributed by atoms with Crippen molar-refractivity contribution in [1.29, 1.82) is 0 Å². The molecule has 2 aromatic heterocycles. The van der Waals surface area contributed by atoms with Gasteiger partial charge in [0, 0.05) is 11.8 Å². The molecule has 0 spiro atoms. The van der Waals surface area contributed by atoms with Crippen LogP contribution in [0.15, 0.2) is 38.1 Å². The summed E-state index contributed by atoms with van der Waals surface area (Å²) in [4.78, 5) is 16.0. The zero-order valence-electron chi connectivity index (χ0n) is 11.2. The molecule has 5 nitrogen and oxygen atoms in total. The lowest BCUT2D eigenvalue weighted by Gasteiger charge is -2.20. The predicted molar refractivity (Wildman–Crippen MR) is 79.2 cm³/mol. The zero-order valence-corrected chi connectivity index (χ0v) is 12.8. The summed E-state index contributed by atoms with van der Waals surface area (Å²) in [7, 11) is 0. The van der Waals surface area contributed by atoms with Crippen LogP contribution in [-0.2, 0) is 6.54 Å². The maximum atomic E-state index is 11.7. The molecular formula is C14H14BrN3O2. The minimum atomic E-state index is -0.361. The maximum Gasteiger partial charge on any atom is 0.352 e. The van der Waals surface area contributed by atoms with E-state index in [-0.39, 0.29) is 11.7 Å². The highest BCUT2D eigenvalue weighted by Gasteiger charge is 2.32. The normalized spacial score (nSPS) is 17.9. The molecular weight excluding hydrogens is 322 g/mol. The van der Waals surface area contributed by atoms with Gasteiger partial charge in [-0.25, -0.2) is 9.80 Å². The molecule has 3 heterocycles. The predicted octanol–water partition coefficient (Wildman–Crippen LogP) is 3.01. The number of hydrazine groups is 1. The molecule has 2 aromatic rings. The molecule has 20 heavy (non-hydrogen) atoms. The van der Waals surface area contributed by atoms with E-state index < -0.39 is 0 Å². The largest absolute Gasteiger partial charge is 0.404 e. The van der Waals surface area contributed by atoms with Crippen molar-refractivity contribution in [2.45, 2.75) is 26.4 Å². The highest BCUT2D eigenvalue weighted by molar-refractivity contribution is 9.10. The molecule has 0 bridgehead atoms. The van der Waals surface area contributed by atoms with Crippen LogP contribution in [0.4, 0.5) is 5.88 Å². The molecule has 1 atom stereocenters. The molecule has 1 N–H and O–H groups in total. The molecule has 3 rings (SSSR count). The van der Waals surface area contributed by atoms with Crippen LogP contribution in [0, 0.1) is 6.92 Å². The van der Waals surface area contributed by atoms with Crippen molar-refractivity contribution in [3.8, 4) is 0 Å². The van der Waals surface area contributed by atoms with Crippen molar-refractivity contribution in [3.05, 3.63) is 56.1 Å². The minimum Gasteiger partial charge on any atom is -0.404 e. The number of anilines is 1. The monoisotopic (exact) mass is 335 g/mol. The Bertz CT molecular complexity index is 700. The third kappa shape index (κ3) is 2.14. The Morgan fingerprint density at radius 1 is 1.50 bits per heavy atom. The first-order valence-electron chi connectivity index (χ1n) is 6.34. The Hall–Kier alpha value is -1.66. The fraction of sp³-hybridized carbons (Fsp3) is 0.286. The lowest BCUT2D eigenvalue weighted by molar-refractivity contribution is 0.264. The summed E-state index contributed by atoms with van der Waals surface area (Å²) in [6, 6.07) is 5.92. The van der Waals surface area contributed by atoms with Gasteiger partial charge in [0.25, 0.3) is 0 Å². The lowest BCUT2D eigenvalue weighted by Crippen LogP contribution is -2.26. The van der Waals surface area contributed by atoms with Crippen molar-refractivity contribution < 1.29 is 4.42 Å². The van der Waals surface area contributed by atoms with Crippen LogP contribution in [0.2, 0.25) is 0 Å². The van der Waals surface area contributed by atoms with Gasteiger partial charge in [0.05, 0.1) is 18.3 Å². The smallest absolute Gasteiger partial charge is 0.352 e. The summed E-state index contributed by atoms with van der Waals surface area (Å²) in [5.41, 5.74) is 5.67. The fourth-order valence-electron chi connectivity index (χ4n) is 2.45. The molecule has 0 aliphatic carbocycles. The highest BCUT2D eigenvalue weighted by Crippen LogP contribution is 2.38. The summed E-state index contributed by atoms with van der Waals surface area (Å²) in [5.74, 6) is 0.527. The quantitative estimate of drug-likeness (QED) is 0.914. The average Bonchev–Trinajstić information content (AvgIpc) is 2.74. The summed E-state index contributed by atoms with van der Waals surface area (Å²) in [6.07, 6.45) is 1.77. The van der Waals surface area contributed by atoms with Crippen molar-refractivity contribution in [2.75, 3.05) is 5.43 Å². The maximum absolute atomic E-state index is 11.7. The Morgan fingerprint density at radius 2 is 2.30 bits per heavy atom. The summed E-state index contributed by atoms with van der Waals surface area (Å²) in [6.45, 7) is 4.63. The van der Waals surface area contributed by atoms with E-state index in [1.807, 2.05) is 30.1 Å². The minimum absolute atomic E-state index is 0.104. The van der Waals surface area contributed by atoms with E-state index in [1.165, 1.54) is 0 Å². The molecule has 104 valence electrons. The lowest BCUT2D eigenvalue weighted by atomic mass is 10.1. The van der Waals surface area contributed by atoms with E-state index in [0.717, 1.165) is 16.8 Å². The molecule has 0 saturated heterocycles. The van der Waals surface area contributed by atoms with Crippen LogP contribution < -0.4 is 11.1 Å². The molecule has 6 heteroatoms. The number of halogens is 1. The van der Waals surface area contributed by atoms with Crippen LogP contribution >= 0.6 is 15.9 Å². The molecule has 0 radical (unpaired) electrons. The molecule has 0 amide bonds. The molecule has 1 aliphatic heterocycles. The standard InChI is InChI=1S/C14H14BrN3O2/c1-8-11-9(2)18(7-10-5-3-4-6-16-10)17-13(11)20-14(19)12(8)15/h3-6,9,17H,7H2,1-2H3. The van der Waals surface area contributed by atoms with Gasteiger partial charge in [-0.05, 0) is 47.5 Å². The Labute approximate surface area is 124 Å². The van der Waals surface area contributed by atoms with Crippen LogP contribution in [-0.4, -0.2) is 9.99 Å². The molecule has 0 aromatic carbocycles. The van der Waals surface area contributed by atoms with Crippen molar-refractivity contribution in [2.24, 2.45) is 0 Å². The van der Waals surface area contributed by atoms with Gasteiger partial charge in [-0.2, -0.15) is 0 Å². The fourth-order valence-corrected chi connectivity index (χ4v) is 2.74. The van der Waals surface area contributed by atoms with Crippen molar-refractivity contribution in [3.63, 3.8) is 0 Å². The number of nitrogens with one attached hydrogen (secondary N) is 1. The van der Waals surface area contributed by atoms with Crippen LogP contribution in [0.25, 0.3) is 0 Å². The second-order valence-corrected chi connectivity index (χ2v) is 5.60. The van der Waals surface area contributed by atoms with Gasteiger partial charge in [0.15, 0.2) is 0 Å². The number of hydrogen-bond acceptors (Lipinski definition) is 5. The number of fused-ring (bicyclic) bond motifs is 1. The first-order chi connectivity index (χ1) is 9.58. The molecule has 0 fully saturated rings. The molecule has 1 unspecified atom stereocenters. The second-order valence-electron chi connectivity index (χ2n) is 4.81. The van der Waals surface area contributed by atoms with Gasteiger partial charge >= 0.3 is 5.63 Å². The van der Waals surface area contributed by atoms with Gasteiger partial charge in [-0.3, -0.25) is 10.4 Å².